The maximum Gasteiger partial charge on any atom is 0.226 e. The van der Waals surface area contributed by atoms with E-state index in [0.717, 1.165) is 36.2 Å². The standard InChI is InChI=1S/C22H27FN4O/c1-16-6-7-18(13-20(16)23)15-26-22(24-2)25-14-17-8-10-19(11-9-17)27-12-4-3-5-21(27)28/h6-11,13H,3-5,12,14-15H2,1-2H3,(H2,24,25,26). The molecule has 0 aliphatic carbocycles. The summed E-state index contributed by atoms with van der Waals surface area (Å²) < 4.78 is 13.6. The third-order valence-electron chi connectivity index (χ3n) is 4.95. The molecule has 148 valence electrons. The smallest absolute Gasteiger partial charge is 0.226 e. The number of hydrogen-bond acceptors (Lipinski definition) is 2. The number of guanidine groups is 1. The highest BCUT2D eigenvalue weighted by Crippen LogP contribution is 2.21. The number of carbonyl (C=O) groups excluding carboxylic acids is 1. The van der Waals surface area contributed by atoms with Crippen LogP contribution in [0.5, 0.6) is 0 Å². The number of nitrogens with zero attached hydrogens (tertiary/aromatic N) is 2. The summed E-state index contributed by atoms with van der Waals surface area (Å²) in [6.45, 7) is 3.65. The van der Waals surface area contributed by atoms with E-state index in [0.29, 0.717) is 31.0 Å². The van der Waals surface area contributed by atoms with Gasteiger partial charge in [-0.05, 0) is 54.7 Å². The summed E-state index contributed by atoms with van der Waals surface area (Å²) in [6.07, 6.45) is 2.68. The van der Waals surface area contributed by atoms with Crippen molar-refractivity contribution >= 4 is 17.6 Å². The van der Waals surface area contributed by atoms with Crippen molar-refractivity contribution in [2.75, 3.05) is 18.5 Å². The first-order chi connectivity index (χ1) is 13.6. The van der Waals surface area contributed by atoms with Gasteiger partial charge in [0.15, 0.2) is 5.96 Å². The van der Waals surface area contributed by atoms with Gasteiger partial charge in [0.2, 0.25) is 5.91 Å². The molecule has 2 aromatic rings. The Bertz CT molecular complexity index is 848. The van der Waals surface area contributed by atoms with E-state index in [4.69, 9.17) is 0 Å². The molecule has 0 bridgehead atoms. The normalized spacial score (nSPS) is 14.9. The second-order valence-corrected chi connectivity index (χ2v) is 7.03. The number of amides is 1. The Kier molecular flexibility index (Phi) is 6.63. The molecule has 1 saturated heterocycles. The number of hydrogen-bond donors (Lipinski definition) is 2. The Morgan fingerprint density at radius 1 is 1.07 bits per heavy atom. The number of halogens is 1. The van der Waals surface area contributed by atoms with Crippen LogP contribution in [0.15, 0.2) is 47.5 Å². The third-order valence-corrected chi connectivity index (χ3v) is 4.95. The number of benzene rings is 2. The van der Waals surface area contributed by atoms with E-state index in [-0.39, 0.29) is 11.7 Å². The number of piperidine rings is 1. The van der Waals surface area contributed by atoms with Crippen molar-refractivity contribution in [1.82, 2.24) is 10.6 Å². The Hall–Kier alpha value is -2.89. The molecule has 3 rings (SSSR count). The largest absolute Gasteiger partial charge is 0.352 e. The summed E-state index contributed by atoms with van der Waals surface area (Å²) in [5.74, 6) is 0.653. The molecule has 0 unspecified atom stereocenters. The van der Waals surface area contributed by atoms with Crippen molar-refractivity contribution in [2.45, 2.75) is 39.3 Å². The number of aliphatic imine (C=N–C) groups is 1. The lowest BCUT2D eigenvalue weighted by molar-refractivity contribution is -0.119. The fourth-order valence-electron chi connectivity index (χ4n) is 3.21. The first-order valence-corrected chi connectivity index (χ1v) is 9.65. The molecule has 5 nitrogen and oxygen atoms in total. The maximum atomic E-state index is 13.6. The van der Waals surface area contributed by atoms with Crippen molar-refractivity contribution < 1.29 is 9.18 Å². The van der Waals surface area contributed by atoms with Crippen LogP contribution < -0.4 is 15.5 Å². The number of rotatable bonds is 5. The third kappa shape index (κ3) is 5.09. The summed E-state index contributed by atoms with van der Waals surface area (Å²) in [4.78, 5) is 18.1. The molecule has 0 aromatic heterocycles. The fourth-order valence-corrected chi connectivity index (χ4v) is 3.21. The first kappa shape index (κ1) is 19.9. The number of aryl methyl sites for hydroxylation is 1. The molecule has 0 atom stereocenters. The topological polar surface area (TPSA) is 56.7 Å². The van der Waals surface area contributed by atoms with Crippen molar-refractivity contribution in [3.05, 3.63) is 65.0 Å². The molecule has 0 radical (unpaired) electrons. The van der Waals surface area contributed by atoms with Crippen molar-refractivity contribution in [2.24, 2.45) is 4.99 Å². The molecular weight excluding hydrogens is 355 g/mol. The van der Waals surface area contributed by atoms with Crippen molar-refractivity contribution in [1.29, 1.82) is 0 Å². The fraction of sp³-hybridized carbons (Fsp3) is 0.364. The molecular formula is C22H27FN4O. The van der Waals surface area contributed by atoms with E-state index in [9.17, 15) is 9.18 Å². The van der Waals surface area contributed by atoms with E-state index < -0.39 is 0 Å². The van der Waals surface area contributed by atoms with Gasteiger partial charge in [0, 0.05) is 38.8 Å². The van der Waals surface area contributed by atoms with Crippen LogP contribution in [0.2, 0.25) is 0 Å². The molecule has 1 amide bonds. The van der Waals surface area contributed by atoms with E-state index >= 15 is 0 Å². The van der Waals surface area contributed by atoms with Gasteiger partial charge in [0.05, 0.1) is 0 Å². The zero-order valence-corrected chi connectivity index (χ0v) is 16.5. The molecule has 2 N–H and O–H groups in total. The molecule has 0 spiro atoms. The van der Waals surface area contributed by atoms with Gasteiger partial charge < -0.3 is 15.5 Å². The second-order valence-electron chi connectivity index (χ2n) is 7.03. The highest BCUT2D eigenvalue weighted by molar-refractivity contribution is 5.93. The van der Waals surface area contributed by atoms with Gasteiger partial charge in [-0.3, -0.25) is 9.79 Å². The second kappa shape index (κ2) is 9.35. The zero-order chi connectivity index (χ0) is 19.9. The van der Waals surface area contributed by atoms with Crippen LogP contribution in [0.25, 0.3) is 0 Å². The molecule has 1 aliphatic rings. The van der Waals surface area contributed by atoms with Gasteiger partial charge >= 0.3 is 0 Å². The quantitative estimate of drug-likeness (QED) is 0.615. The average Bonchev–Trinajstić information content (AvgIpc) is 2.71. The average molecular weight is 382 g/mol. The molecule has 0 saturated carbocycles. The Labute approximate surface area is 165 Å². The lowest BCUT2D eigenvalue weighted by Gasteiger charge is -2.26. The minimum atomic E-state index is -0.200. The van der Waals surface area contributed by atoms with E-state index in [1.54, 1.807) is 20.0 Å². The van der Waals surface area contributed by atoms with Crippen LogP contribution in [0.1, 0.15) is 36.0 Å². The Balaban J connectivity index is 1.51. The van der Waals surface area contributed by atoms with Crippen LogP contribution in [0.3, 0.4) is 0 Å². The monoisotopic (exact) mass is 382 g/mol. The lowest BCUT2D eigenvalue weighted by atomic mass is 10.1. The van der Waals surface area contributed by atoms with Crippen molar-refractivity contribution in [3.63, 3.8) is 0 Å². The van der Waals surface area contributed by atoms with Gasteiger partial charge in [-0.15, -0.1) is 0 Å². The lowest BCUT2D eigenvalue weighted by Crippen LogP contribution is -2.36. The highest BCUT2D eigenvalue weighted by atomic mass is 19.1. The minimum Gasteiger partial charge on any atom is -0.352 e. The van der Waals surface area contributed by atoms with Crippen LogP contribution in [-0.2, 0) is 17.9 Å². The Morgan fingerprint density at radius 2 is 1.75 bits per heavy atom. The molecule has 28 heavy (non-hydrogen) atoms. The first-order valence-electron chi connectivity index (χ1n) is 9.65. The highest BCUT2D eigenvalue weighted by Gasteiger charge is 2.19. The maximum absolute atomic E-state index is 13.6. The van der Waals surface area contributed by atoms with E-state index in [1.807, 2.05) is 35.2 Å². The summed E-state index contributed by atoms with van der Waals surface area (Å²) in [5.41, 5.74) is 3.55. The van der Waals surface area contributed by atoms with E-state index in [2.05, 4.69) is 15.6 Å². The van der Waals surface area contributed by atoms with Crippen LogP contribution in [0, 0.1) is 12.7 Å². The van der Waals surface area contributed by atoms with Gasteiger partial charge in [-0.1, -0.05) is 24.3 Å². The van der Waals surface area contributed by atoms with Crippen molar-refractivity contribution in [3.8, 4) is 0 Å². The van der Waals surface area contributed by atoms with Crippen LogP contribution in [0.4, 0.5) is 10.1 Å². The van der Waals surface area contributed by atoms with Crippen LogP contribution >= 0.6 is 0 Å². The molecule has 2 aromatic carbocycles. The number of nitrogens with one attached hydrogen (secondary N) is 2. The van der Waals surface area contributed by atoms with Crippen LogP contribution in [-0.4, -0.2) is 25.5 Å². The molecule has 1 fully saturated rings. The molecule has 6 heteroatoms. The summed E-state index contributed by atoms with van der Waals surface area (Å²) in [5, 5.41) is 6.45. The van der Waals surface area contributed by atoms with Gasteiger partial charge in [-0.25, -0.2) is 4.39 Å². The summed E-state index contributed by atoms with van der Waals surface area (Å²) in [6, 6.07) is 13.2. The molecule has 1 heterocycles. The van der Waals surface area contributed by atoms with E-state index in [1.165, 1.54) is 6.07 Å². The van der Waals surface area contributed by atoms with Gasteiger partial charge in [0.25, 0.3) is 0 Å². The predicted molar refractivity (Wildman–Crippen MR) is 111 cm³/mol. The number of anilines is 1. The number of carbonyl (C=O) groups is 1. The Morgan fingerprint density at radius 3 is 2.39 bits per heavy atom. The van der Waals surface area contributed by atoms with Gasteiger partial charge in [-0.2, -0.15) is 0 Å². The van der Waals surface area contributed by atoms with Gasteiger partial charge in [0.1, 0.15) is 5.82 Å². The minimum absolute atomic E-state index is 0.200. The SMILES string of the molecule is CN=C(NCc1ccc(N2CCCCC2=O)cc1)NCc1ccc(C)c(F)c1. The predicted octanol–water partition coefficient (Wildman–Crippen LogP) is 3.52. The zero-order valence-electron chi connectivity index (χ0n) is 16.5. The molecule has 1 aliphatic heterocycles. The summed E-state index contributed by atoms with van der Waals surface area (Å²) >= 11 is 0. The summed E-state index contributed by atoms with van der Waals surface area (Å²) in [7, 11) is 1.70.